The Morgan fingerprint density at radius 2 is 2.12 bits per heavy atom. The molecule has 88 valence electrons. The fourth-order valence-corrected chi connectivity index (χ4v) is 2.47. The molecule has 1 saturated carbocycles. The first-order valence-corrected chi connectivity index (χ1v) is 5.98. The Kier molecular flexibility index (Phi) is 3.62. The number of carbonyl (C=O) groups is 1. The molecular formula is C12H19N3O. The Balaban J connectivity index is 1.94. The highest BCUT2D eigenvalue weighted by Crippen LogP contribution is 2.26. The molecule has 0 aromatic carbocycles. The fraction of sp³-hybridized carbons (Fsp3) is 0.583. The Hall–Kier alpha value is -1.29. The molecule has 4 nitrogen and oxygen atoms in total. The van der Waals surface area contributed by atoms with Gasteiger partial charge in [-0.15, -0.1) is 0 Å². The van der Waals surface area contributed by atoms with Crippen molar-refractivity contribution >= 4 is 5.91 Å². The van der Waals surface area contributed by atoms with E-state index in [1.54, 1.807) is 6.07 Å². The zero-order valence-corrected chi connectivity index (χ0v) is 9.46. The van der Waals surface area contributed by atoms with E-state index in [4.69, 9.17) is 5.84 Å². The average molecular weight is 221 g/mol. The summed E-state index contributed by atoms with van der Waals surface area (Å²) in [6, 6.07) is 3.78. The molecule has 1 fully saturated rings. The first-order chi connectivity index (χ1) is 7.79. The summed E-state index contributed by atoms with van der Waals surface area (Å²) in [5.41, 5.74) is 3.82. The number of hydrazine groups is 1. The molecule has 1 aromatic rings. The minimum Gasteiger partial charge on any atom is -0.354 e. The zero-order valence-electron chi connectivity index (χ0n) is 9.46. The topological polar surface area (TPSA) is 70.9 Å². The van der Waals surface area contributed by atoms with Gasteiger partial charge in [0.2, 0.25) is 0 Å². The van der Waals surface area contributed by atoms with Gasteiger partial charge in [0.25, 0.3) is 5.91 Å². The molecule has 2 rings (SSSR count). The first-order valence-electron chi connectivity index (χ1n) is 5.98. The summed E-state index contributed by atoms with van der Waals surface area (Å²) in [6.45, 7) is 0. The number of hydrogen-bond acceptors (Lipinski definition) is 2. The lowest BCUT2D eigenvalue weighted by atomic mass is 9.86. The van der Waals surface area contributed by atoms with Gasteiger partial charge in [0, 0.05) is 5.69 Å². The van der Waals surface area contributed by atoms with Crippen molar-refractivity contribution in [2.75, 3.05) is 0 Å². The standard InChI is InChI=1S/C12H19N3O/c13-15-12(16)11-7-6-10(14-11)8-9-4-2-1-3-5-9/h6-7,9,14H,1-5,8,13H2,(H,15,16). The van der Waals surface area contributed by atoms with Crippen LogP contribution in [0.2, 0.25) is 0 Å². The van der Waals surface area contributed by atoms with Crippen LogP contribution in [-0.2, 0) is 6.42 Å². The molecule has 0 spiro atoms. The predicted molar refractivity (Wildman–Crippen MR) is 62.7 cm³/mol. The van der Waals surface area contributed by atoms with Crippen molar-refractivity contribution in [1.82, 2.24) is 10.4 Å². The summed E-state index contributed by atoms with van der Waals surface area (Å²) >= 11 is 0. The smallest absolute Gasteiger partial charge is 0.281 e. The van der Waals surface area contributed by atoms with Crippen molar-refractivity contribution in [3.8, 4) is 0 Å². The van der Waals surface area contributed by atoms with Crippen LogP contribution in [0.25, 0.3) is 0 Å². The monoisotopic (exact) mass is 221 g/mol. The molecule has 4 heteroatoms. The SMILES string of the molecule is NNC(=O)c1ccc(CC2CCCCC2)[nH]1. The summed E-state index contributed by atoms with van der Waals surface area (Å²) in [4.78, 5) is 14.4. The maximum Gasteiger partial charge on any atom is 0.281 e. The Labute approximate surface area is 95.6 Å². The van der Waals surface area contributed by atoms with E-state index >= 15 is 0 Å². The number of aromatic amines is 1. The lowest BCUT2D eigenvalue weighted by Gasteiger charge is -2.20. The van der Waals surface area contributed by atoms with Crippen molar-refractivity contribution in [1.29, 1.82) is 0 Å². The summed E-state index contributed by atoms with van der Waals surface area (Å²) in [6.07, 6.45) is 7.76. The third-order valence-electron chi connectivity index (χ3n) is 3.36. The van der Waals surface area contributed by atoms with Gasteiger partial charge in [-0.05, 0) is 24.5 Å². The predicted octanol–water partition coefficient (Wildman–Crippen LogP) is 1.74. The molecule has 1 aromatic heterocycles. The molecule has 4 N–H and O–H groups in total. The van der Waals surface area contributed by atoms with E-state index in [0.717, 1.165) is 18.0 Å². The highest BCUT2D eigenvalue weighted by molar-refractivity contribution is 5.91. The quantitative estimate of drug-likeness (QED) is 0.413. The molecule has 0 aliphatic heterocycles. The van der Waals surface area contributed by atoms with Gasteiger partial charge >= 0.3 is 0 Å². The molecule has 1 heterocycles. The Morgan fingerprint density at radius 1 is 1.38 bits per heavy atom. The molecule has 0 radical (unpaired) electrons. The summed E-state index contributed by atoms with van der Waals surface area (Å²) in [7, 11) is 0. The van der Waals surface area contributed by atoms with Crippen LogP contribution in [0.15, 0.2) is 12.1 Å². The van der Waals surface area contributed by atoms with Crippen molar-refractivity contribution in [2.45, 2.75) is 38.5 Å². The van der Waals surface area contributed by atoms with Gasteiger partial charge in [0.05, 0.1) is 0 Å². The van der Waals surface area contributed by atoms with Gasteiger partial charge < -0.3 is 4.98 Å². The lowest BCUT2D eigenvalue weighted by molar-refractivity contribution is 0.0949. The molecule has 1 aliphatic carbocycles. The van der Waals surface area contributed by atoms with E-state index in [0.29, 0.717) is 5.69 Å². The van der Waals surface area contributed by atoms with Gasteiger partial charge in [-0.25, -0.2) is 5.84 Å². The van der Waals surface area contributed by atoms with Gasteiger partial charge in [-0.3, -0.25) is 10.2 Å². The van der Waals surface area contributed by atoms with Crippen molar-refractivity contribution < 1.29 is 4.79 Å². The maximum absolute atomic E-state index is 11.3. The zero-order chi connectivity index (χ0) is 11.4. The van der Waals surface area contributed by atoms with Gasteiger partial charge in [-0.1, -0.05) is 32.1 Å². The normalized spacial score (nSPS) is 17.3. The highest BCUT2D eigenvalue weighted by atomic mass is 16.2. The number of aromatic nitrogens is 1. The summed E-state index contributed by atoms with van der Waals surface area (Å²) in [5, 5.41) is 0. The number of nitrogens with two attached hydrogens (primary N) is 1. The van der Waals surface area contributed by atoms with Crippen LogP contribution in [-0.4, -0.2) is 10.9 Å². The van der Waals surface area contributed by atoms with E-state index in [2.05, 4.69) is 10.4 Å². The third kappa shape index (κ3) is 2.64. The largest absolute Gasteiger partial charge is 0.354 e. The molecule has 0 unspecified atom stereocenters. The highest BCUT2D eigenvalue weighted by Gasteiger charge is 2.15. The Bertz CT molecular complexity index is 353. The molecule has 16 heavy (non-hydrogen) atoms. The van der Waals surface area contributed by atoms with Crippen molar-refractivity contribution in [3.05, 3.63) is 23.5 Å². The summed E-state index contributed by atoms with van der Waals surface area (Å²) < 4.78 is 0. The second-order valence-electron chi connectivity index (χ2n) is 4.58. The van der Waals surface area contributed by atoms with Crippen molar-refractivity contribution in [2.24, 2.45) is 11.8 Å². The Morgan fingerprint density at radius 3 is 2.81 bits per heavy atom. The molecule has 0 bridgehead atoms. The van der Waals surface area contributed by atoms with E-state index in [1.165, 1.54) is 32.1 Å². The van der Waals surface area contributed by atoms with E-state index < -0.39 is 0 Å². The van der Waals surface area contributed by atoms with Gasteiger partial charge in [0.1, 0.15) is 5.69 Å². The number of nitrogens with one attached hydrogen (secondary N) is 2. The van der Waals surface area contributed by atoms with Crippen LogP contribution in [0.5, 0.6) is 0 Å². The number of hydrogen-bond donors (Lipinski definition) is 3. The van der Waals surface area contributed by atoms with Crippen molar-refractivity contribution in [3.63, 3.8) is 0 Å². The average Bonchev–Trinajstić information content (AvgIpc) is 2.78. The number of nitrogen functional groups attached to an aromatic ring is 1. The van der Waals surface area contributed by atoms with Crippen LogP contribution >= 0.6 is 0 Å². The molecule has 1 aliphatic rings. The molecule has 0 saturated heterocycles. The van der Waals surface area contributed by atoms with Crippen LogP contribution in [0, 0.1) is 5.92 Å². The minimum absolute atomic E-state index is 0.255. The summed E-state index contributed by atoms with van der Waals surface area (Å²) in [5.74, 6) is 5.60. The van der Waals surface area contributed by atoms with E-state index in [1.807, 2.05) is 6.07 Å². The minimum atomic E-state index is -0.255. The number of rotatable bonds is 3. The number of amides is 1. The second-order valence-corrected chi connectivity index (χ2v) is 4.58. The lowest BCUT2D eigenvalue weighted by Crippen LogP contribution is -2.30. The molecule has 1 amide bonds. The van der Waals surface area contributed by atoms with Crippen LogP contribution < -0.4 is 11.3 Å². The van der Waals surface area contributed by atoms with Crippen LogP contribution in [0.1, 0.15) is 48.3 Å². The van der Waals surface area contributed by atoms with E-state index in [-0.39, 0.29) is 5.91 Å². The second kappa shape index (κ2) is 5.16. The first kappa shape index (κ1) is 11.2. The van der Waals surface area contributed by atoms with Gasteiger partial charge in [0.15, 0.2) is 0 Å². The number of H-pyrrole nitrogens is 1. The van der Waals surface area contributed by atoms with E-state index in [9.17, 15) is 4.79 Å². The third-order valence-corrected chi connectivity index (χ3v) is 3.36. The molecular weight excluding hydrogens is 202 g/mol. The molecule has 0 atom stereocenters. The fourth-order valence-electron chi connectivity index (χ4n) is 2.47. The van der Waals surface area contributed by atoms with Gasteiger partial charge in [-0.2, -0.15) is 0 Å². The van der Waals surface area contributed by atoms with Crippen LogP contribution in [0.4, 0.5) is 0 Å². The number of carbonyl (C=O) groups excluding carboxylic acids is 1. The van der Waals surface area contributed by atoms with Crippen LogP contribution in [0.3, 0.4) is 0 Å². The maximum atomic E-state index is 11.3.